The molecule has 0 spiro atoms. The van der Waals surface area contributed by atoms with Crippen molar-refractivity contribution >= 4 is 27.4 Å². The van der Waals surface area contributed by atoms with E-state index in [-0.39, 0.29) is 0 Å². The Hall–Kier alpha value is -4.71. The summed E-state index contributed by atoms with van der Waals surface area (Å²) in [6, 6.07) is 14.5. The van der Waals surface area contributed by atoms with Crippen molar-refractivity contribution in [2.45, 2.75) is 26.2 Å². The van der Waals surface area contributed by atoms with Crippen LogP contribution in [0.3, 0.4) is 0 Å². The minimum absolute atomic E-state index is 0.558. The summed E-state index contributed by atoms with van der Waals surface area (Å²) < 4.78 is 0. The number of aromatic nitrogens is 5. The van der Waals surface area contributed by atoms with Crippen LogP contribution in [0.2, 0.25) is 0 Å². The molecule has 0 aliphatic heterocycles. The first-order valence-electron chi connectivity index (χ1n) is 13.0. The van der Waals surface area contributed by atoms with Gasteiger partial charge in [0.15, 0.2) is 0 Å². The summed E-state index contributed by atoms with van der Waals surface area (Å²) in [4.78, 5) is 12.3. The Kier molecular flexibility index (Phi) is 6.22. The number of rotatable bonds is 8. The van der Waals surface area contributed by atoms with Crippen molar-refractivity contribution in [3.05, 3.63) is 109 Å². The topological polar surface area (TPSA) is 82.3 Å². The number of benzene rings is 1. The van der Waals surface area contributed by atoms with Crippen LogP contribution in [-0.4, -0.2) is 25.1 Å². The van der Waals surface area contributed by atoms with E-state index >= 15 is 0 Å². The van der Waals surface area contributed by atoms with Crippen LogP contribution in [0.25, 0.3) is 50.0 Å². The molecule has 0 unspecified atom stereocenters. The lowest BCUT2D eigenvalue weighted by Gasteiger charge is -2.28. The summed E-state index contributed by atoms with van der Waals surface area (Å²) in [6.45, 7) is 10.3. The van der Waals surface area contributed by atoms with Gasteiger partial charge in [-0.25, -0.2) is 0 Å². The highest BCUT2D eigenvalue weighted by molar-refractivity contribution is 6.00. The highest BCUT2D eigenvalue weighted by Crippen LogP contribution is 2.34. The van der Waals surface area contributed by atoms with Gasteiger partial charge in [-0.2, -0.15) is 5.10 Å². The molecular formula is C32H30N6. The van der Waals surface area contributed by atoms with Crippen LogP contribution in [0, 0.1) is 5.92 Å². The molecule has 0 amide bonds. The maximum Gasteiger partial charge on any atom is 0.116 e. The third-order valence-corrected chi connectivity index (χ3v) is 7.40. The number of nitrogens with one attached hydrogen (secondary N) is 3. The fourth-order valence-electron chi connectivity index (χ4n) is 5.01. The molecule has 1 saturated carbocycles. The molecule has 0 saturated heterocycles. The summed E-state index contributed by atoms with van der Waals surface area (Å²) in [5.41, 5.74) is 9.99. The average Bonchev–Trinajstić information content (AvgIpc) is 3.54. The minimum Gasteiger partial charge on any atom is -0.359 e. The van der Waals surface area contributed by atoms with Crippen molar-refractivity contribution in [3.8, 4) is 22.6 Å². The van der Waals surface area contributed by atoms with Gasteiger partial charge in [0.25, 0.3) is 0 Å². The van der Waals surface area contributed by atoms with Crippen molar-refractivity contribution in [3.63, 3.8) is 0 Å². The van der Waals surface area contributed by atoms with E-state index < -0.39 is 0 Å². The van der Waals surface area contributed by atoms with Crippen LogP contribution in [0.4, 0.5) is 0 Å². The molecule has 0 bridgehead atoms. The molecule has 6 heteroatoms. The number of pyridine rings is 2. The van der Waals surface area contributed by atoms with E-state index in [1.165, 1.54) is 19.3 Å². The molecule has 1 aromatic carbocycles. The quantitative estimate of drug-likeness (QED) is 0.193. The number of hydrogen-bond acceptors (Lipinski definition) is 4. The number of nitrogens with zero attached hydrogens (tertiary/aromatic N) is 3. The van der Waals surface area contributed by atoms with Crippen molar-refractivity contribution in [1.29, 1.82) is 0 Å². The molecule has 6 nitrogen and oxygen atoms in total. The molecule has 4 aromatic heterocycles. The molecule has 38 heavy (non-hydrogen) atoms. The van der Waals surface area contributed by atoms with Gasteiger partial charge >= 0.3 is 0 Å². The molecule has 6 rings (SSSR count). The molecule has 4 heterocycles. The van der Waals surface area contributed by atoms with E-state index in [2.05, 4.69) is 87.0 Å². The number of hydrogen-bond donors (Lipinski definition) is 3. The third kappa shape index (κ3) is 4.34. The van der Waals surface area contributed by atoms with E-state index in [9.17, 15) is 0 Å². The number of fused-ring (bicyclic) bond motifs is 2. The molecule has 188 valence electrons. The summed E-state index contributed by atoms with van der Waals surface area (Å²) in [6.07, 6.45) is 15.2. The van der Waals surface area contributed by atoms with E-state index in [4.69, 9.17) is 0 Å². The smallest absolute Gasteiger partial charge is 0.116 e. The van der Waals surface area contributed by atoms with Crippen LogP contribution in [0.15, 0.2) is 104 Å². The average molecular weight is 499 g/mol. The second kappa shape index (κ2) is 9.98. The fraction of sp³-hybridized carbons (Fsp3) is 0.156. The van der Waals surface area contributed by atoms with Crippen LogP contribution in [0.5, 0.6) is 0 Å². The number of H-pyrrole nitrogens is 2. The van der Waals surface area contributed by atoms with E-state index in [0.717, 1.165) is 67.0 Å². The molecule has 1 aliphatic rings. The second-order valence-corrected chi connectivity index (χ2v) is 9.70. The van der Waals surface area contributed by atoms with Gasteiger partial charge < -0.3 is 10.3 Å². The standard InChI is InChI=1S/C32H30N6/c1-4-21(17-25(5-2)35-20(3)22-7-6-8-22)24-9-10-29-26(18-24)32(38-37-29)30-19-27-28(36-30)13-16-34-31(27)23-11-14-33-15-12-23/h4-5,9-19,22,35-36H,2-3,6-8H2,1H3,(H,37,38)/b21-4+,25-17+. The largest absolute Gasteiger partial charge is 0.359 e. The molecule has 3 N–H and O–H groups in total. The zero-order valence-electron chi connectivity index (χ0n) is 21.5. The fourth-order valence-corrected chi connectivity index (χ4v) is 5.01. The molecule has 0 atom stereocenters. The van der Waals surface area contributed by atoms with Gasteiger partial charge in [0, 0.05) is 51.8 Å². The molecule has 0 radical (unpaired) electrons. The van der Waals surface area contributed by atoms with Gasteiger partial charge in [-0.3, -0.25) is 15.1 Å². The SMILES string of the molecule is C=C/C(=C\C(=C/C)c1ccc2[nH]nc(-c3cc4c(-c5ccncc5)nccc4[nH]3)c2c1)NC(=C)C1CCC1. The molecule has 1 aliphatic carbocycles. The predicted molar refractivity (Wildman–Crippen MR) is 156 cm³/mol. The van der Waals surface area contributed by atoms with Crippen LogP contribution < -0.4 is 5.32 Å². The second-order valence-electron chi connectivity index (χ2n) is 9.70. The first-order chi connectivity index (χ1) is 18.6. The number of aromatic amines is 2. The molecule has 5 aromatic rings. The first kappa shape index (κ1) is 23.7. The monoisotopic (exact) mass is 498 g/mol. The maximum atomic E-state index is 4.68. The Morgan fingerprint density at radius 2 is 1.82 bits per heavy atom. The first-order valence-corrected chi connectivity index (χ1v) is 13.0. The Morgan fingerprint density at radius 3 is 2.55 bits per heavy atom. The van der Waals surface area contributed by atoms with Gasteiger partial charge in [-0.1, -0.05) is 31.7 Å². The van der Waals surface area contributed by atoms with Crippen LogP contribution in [0.1, 0.15) is 31.7 Å². The Morgan fingerprint density at radius 1 is 1.00 bits per heavy atom. The summed E-state index contributed by atoms with van der Waals surface area (Å²) in [5, 5.41) is 13.5. The zero-order chi connectivity index (χ0) is 26.1. The summed E-state index contributed by atoms with van der Waals surface area (Å²) in [7, 11) is 0. The van der Waals surface area contributed by atoms with Crippen molar-refractivity contribution < 1.29 is 0 Å². The van der Waals surface area contributed by atoms with Crippen molar-refractivity contribution in [2.24, 2.45) is 5.92 Å². The van der Waals surface area contributed by atoms with Crippen molar-refractivity contribution in [2.75, 3.05) is 0 Å². The summed E-state index contributed by atoms with van der Waals surface area (Å²) >= 11 is 0. The third-order valence-electron chi connectivity index (χ3n) is 7.40. The Balaban J connectivity index is 1.37. The van der Waals surface area contributed by atoms with Gasteiger partial charge in [0.05, 0.1) is 16.9 Å². The van der Waals surface area contributed by atoms with Gasteiger partial charge in [0.1, 0.15) is 5.69 Å². The lowest BCUT2D eigenvalue weighted by molar-refractivity contribution is 0.356. The van der Waals surface area contributed by atoms with Crippen molar-refractivity contribution in [1.82, 2.24) is 30.5 Å². The van der Waals surface area contributed by atoms with E-state index in [1.807, 2.05) is 30.5 Å². The normalized spacial score (nSPS) is 14.6. The lowest BCUT2D eigenvalue weighted by Crippen LogP contribution is -2.23. The Bertz CT molecular complexity index is 1710. The van der Waals surface area contributed by atoms with Gasteiger partial charge in [-0.05, 0) is 85.4 Å². The predicted octanol–water partition coefficient (Wildman–Crippen LogP) is 7.54. The lowest BCUT2D eigenvalue weighted by atomic mass is 9.83. The highest BCUT2D eigenvalue weighted by atomic mass is 15.1. The van der Waals surface area contributed by atoms with Crippen LogP contribution in [-0.2, 0) is 0 Å². The van der Waals surface area contributed by atoms with E-state index in [0.29, 0.717) is 5.92 Å². The minimum atomic E-state index is 0.558. The molecule has 1 fully saturated rings. The highest BCUT2D eigenvalue weighted by Gasteiger charge is 2.20. The van der Waals surface area contributed by atoms with E-state index in [1.54, 1.807) is 12.4 Å². The maximum absolute atomic E-state index is 4.68. The van der Waals surface area contributed by atoms with Crippen LogP contribution >= 0.6 is 0 Å². The zero-order valence-corrected chi connectivity index (χ0v) is 21.5. The number of allylic oxidation sites excluding steroid dienone is 5. The molecular weight excluding hydrogens is 468 g/mol. The summed E-state index contributed by atoms with van der Waals surface area (Å²) in [5.74, 6) is 0.558. The van der Waals surface area contributed by atoms with Gasteiger partial charge in [0.2, 0.25) is 0 Å². The Labute approximate surface area is 221 Å². The van der Waals surface area contributed by atoms with Gasteiger partial charge in [-0.15, -0.1) is 0 Å².